The molecular weight excluding hydrogens is 232 g/mol. The largest absolute Gasteiger partial charge is 0.384 e. The Hall–Kier alpha value is -1.66. The topological polar surface area (TPSA) is 80.5 Å². The minimum absolute atomic E-state index is 0.152. The van der Waals surface area contributed by atoms with Gasteiger partial charge < -0.3 is 10.5 Å². The van der Waals surface area contributed by atoms with Crippen LogP contribution in [0.5, 0.6) is 0 Å². The third-order valence-electron chi connectivity index (χ3n) is 2.79. The number of nitrogens with one attached hydrogen (secondary N) is 1. The molecule has 0 bridgehead atoms. The second-order valence-corrected chi connectivity index (χ2v) is 4.17. The number of aryl methyl sites for hydroxylation is 1. The number of nitrogens with two attached hydrogens (primary N) is 1. The molecule has 1 fully saturated rings. The molecule has 1 aromatic rings. The SMILES string of the molecule is CCc1cc(C(=O)NN2CCOCC2)cc(N)n1. The first kappa shape index (κ1) is 12.8. The molecule has 1 saturated heterocycles. The van der Waals surface area contributed by atoms with Crippen LogP contribution < -0.4 is 11.2 Å². The summed E-state index contributed by atoms with van der Waals surface area (Å²) < 4.78 is 5.22. The van der Waals surface area contributed by atoms with Crippen molar-refractivity contribution in [1.82, 2.24) is 15.4 Å². The molecule has 1 aromatic heterocycles. The van der Waals surface area contributed by atoms with E-state index in [1.807, 2.05) is 11.9 Å². The third kappa shape index (κ3) is 3.18. The lowest BCUT2D eigenvalue weighted by molar-refractivity contribution is 0.0126. The van der Waals surface area contributed by atoms with Crippen molar-refractivity contribution in [2.24, 2.45) is 0 Å². The molecule has 1 aliphatic rings. The number of hydrogen-bond acceptors (Lipinski definition) is 5. The van der Waals surface area contributed by atoms with Crippen LogP contribution in [0, 0.1) is 0 Å². The van der Waals surface area contributed by atoms with Crippen LogP contribution >= 0.6 is 0 Å². The fourth-order valence-electron chi connectivity index (χ4n) is 1.81. The number of hydrazine groups is 1. The van der Waals surface area contributed by atoms with Crippen LogP contribution in [0.1, 0.15) is 23.0 Å². The summed E-state index contributed by atoms with van der Waals surface area (Å²) in [6.07, 6.45) is 0.753. The van der Waals surface area contributed by atoms with E-state index < -0.39 is 0 Å². The van der Waals surface area contributed by atoms with Gasteiger partial charge in [0.1, 0.15) is 5.82 Å². The zero-order valence-corrected chi connectivity index (χ0v) is 10.5. The molecule has 0 atom stereocenters. The van der Waals surface area contributed by atoms with Gasteiger partial charge in [0.15, 0.2) is 0 Å². The van der Waals surface area contributed by atoms with Crippen LogP contribution in [-0.2, 0) is 11.2 Å². The minimum atomic E-state index is -0.152. The van der Waals surface area contributed by atoms with Crippen molar-refractivity contribution < 1.29 is 9.53 Å². The summed E-state index contributed by atoms with van der Waals surface area (Å²) in [5.41, 5.74) is 9.89. The van der Waals surface area contributed by atoms with Crippen LogP contribution in [0.4, 0.5) is 5.82 Å². The molecule has 2 rings (SSSR count). The highest BCUT2D eigenvalue weighted by atomic mass is 16.5. The number of aromatic nitrogens is 1. The number of anilines is 1. The Morgan fingerprint density at radius 3 is 2.89 bits per heavy atom. The summed E-state index contributed by atoms with van der Waals surface area (Å²) >= 11 is 0. The zero-order chi connectivity index (χ0) is 13.0. The molecule has 6 nitrogen and oxygen atoms in total. The Kier molecular flexibility index (Phi) is 4.11. The van der Waals surface area contributed by atoms with E-state index in [4.69, 9.17) is 10.5 Å². The van der Waals surface area contributed by atoms with Gasteiger partial charge in [0, 0.05) is 24.3 Å². The maximum Gasteiger partial charge on any atom is 0.265 e. The molecular formula is C12H18N4O2. The van der Waals surface area contributed by atoms with Crippen molar-refractivity contribution in [1.29, 1.82) is 0 Å². The standard InChI is InChI=1S/C12H18N4O2/c1-2-10-7-9(8-11(13)14-10)12(17)15-16-3-5-18-6-4-16/h7-8H,2-6H2,1H3,(H2,13,14)(H,15,17). The van der Waals surface area contributed by atoms with E-state index in [-0.39, 0.29) is 5.91 Å². The number of nitrogen functional groups attached to an aromatic ring is 1. The first-order valence-electron chi connectivity index (χ1n) is 6.09. The lowest BCUT2D eigenvalue weighted by Crippen LogP contribution is -2.48. The van der Waals surface area contributed by atoms with E-state index in [0.29, 0.717) is 37.7 Å². The number of rotatable bonds is 3. The number of morpholine rings is 1. The van der Waals surface area contributed by atoms with Crippen LogP contribution in [0.15, 0.2) is 12.1 Å². The van der Waals surface area contributed by atoms with Gasteiger partial charge >= 0.3 is 0 Å². The molecule has 0 saturated carbocycles. The molecule has 3 N–H and O–H groups in total. The first-order chi connectivity index (χ1) is 8.69. The molecule has 18 heavy (non-hydrogen) atoms. The van der Waals surface area contributed by atoms with Gasteiger partial charge in [-0.15, -0.1) is 0 Å². The van der Waals surface area contributed by atoms with Crippen molar-refractivity contribution >= 4 is 11.7 Å². The van der Waals surface area contributed by atoms with Gasteiger partial charge in [0.25, 0.3) is 5.91 Å². The molecule has 6 heteroatoms. The van der Waals surface area contributed by atoms with E-state index in [2.05, 4.69) is 10.4 Å². The van der Waals surface area contributed by atoms with Crippen molar-refractivity contribution in [3.8, 4) is 0 Å². The molecule has 1 aliphatic heterocycles. The fraction of sp³-hybridized carbons (Fsp3) is 0.500. The average molecular weight is 250 g/mol. The molecule has 0 unspecified atom stereocenters. The number of ether oxygens (including phenoxy) is 1. The molecule has 98 valence electrons. The highest BCUT2D eigenvalue weighted by Crippen LogP contribution is 2.09. The van der Waals surface area contributed by atoms with Crippen LogP contribution in [0.2, 0.25) is 0 Å². The summed E-state index contributed by atoms with van der Waals surface area (Å²) in [5, 5.41) is 1.86. The molecule has 0 spiro atoms. The van der Waals surface area contributed by atoms with Crippen molar-refractivity contribution in [2.45, 2.75) is 13.3 Å². The van der Waals surface area contributed by atoms with Gasteiger partial charge in [0.2, 0.25) is 0 Å². The number of amides is 1. The lowest BCUT2D eigenvalue weighted by Gasteiger charge is -2.26. The van der Waals surface area contributed by atoms with E-state index in [1.54, 1.807) is 12.1 Å². The summed E-state index contributed by atoms with van der Waals surface area (Å²) in [6, 6.07) is 3.36. The van der Waals surface area contributed by atoms with Gasteiger partial charge in [0.05, 0.1) is 13.2 Å². The Labute approximate surface area is 106 Å². The molecule has 1 amide bonds. The van der Waals surface area contributed by atoms with E-state index in [9.17, 15) is 4.79 Å². The van der Waals surface area contributed by atoms with Crippen molar-refractivity contribution in [3.05, 3.63) is 23.4 Å². The number of pyridine rings is 1. The second-order valence-electron chi connectivity index (χ2n) is 4.17. The van der Waals surface area contributed by atoms with E-state index >= 15 is 0 Å². The molecule has 2 heterocycles. The summed E-state index contributed by atoms with van der Waals surface area (Å²) in [6.45, 7) is 4.66. The summed E-state index contributed by atoms with van der Waals surface area (Å²) in [4.78, 5) is 16.2. The lowest BCUT2D eigenvalue weighted by atomic mass is 10.2. The smallest absolute Gasteiger partial charge is 0.265 e. The first-order valence-corrected chi connectivity index (χ1v) is 6.09. The van der Waals surface area contributed by atoms with Crippen molar-refractivity contribution in [2.75, 3.05) is 32.0 Å². The van der Waals surface area contributed by atoms with E-state index in [1.165, 1.54) is 0 Å². The Balaban J connectivity index is 2.05. The van der Waals surface area contributed by atoms with Crippen molar-refractivity contribution in [3.63, 3.8) is 0 Å². The predicted octanol–water partition coefficient (Wildman–Crippen LogP) is 0.203. The number of carbonyl (C=O) groups is 1. The van der Waals surface area contributed by atoms with Gasteiger partial charge in [-0.1, -0.05) is 6.92 Å². The molecule has 0 radical (unpaired) electrons. The Morgan fingerprint density at radius 1 is 1.50 bits per heavy atom. The summed E-state index contributed by atoms with van der Waals surface area (Å²) in [7, 11) is 0. The predicted molar refractivity (Wildman–Crippen MR) is 67.9 cm³/mol. The Bertz CT molecular complexity index is 430. The van der Waals surface area contributed by atoms with Crippen LogP contribution in [-0.4, -0.2) is 42.2 Å². The summed E-state index contributed by atoms with van der Waals surface area (Å²) in [5.74, 6) is 0.224. The minimum Gasteiger partial charge on any atom is -0.384 e. The van der Waals surface area contributed by atoms with E-state index in [0.717, 1.165) is 12.1 Å². The van der Waals surface area contributed by atoms with Gasteiger partial charge in [-0.2, -0.15) is 0 Å². The maximum absolute atomic E-state index is 12.1. The highest BCUT2D eigenvalue weighted by molar-refractivity contribution is 5.94. The number of hydrogen-bond donors (Lipinski definition) is 2. The third-order valence-corrected chi connectivity index (χ3v) is 2.79. The normalized spacial score (nSPS) is 16.5. The Morgan fingerprint density at radius 2 is 2.22 bits per heavy atom. The monoisotopic (exact) mass is 250 g/mol. The molecule has 0 aromatic carbocycles. The van der Waals surface area contributed by atoms with Crippen LogP contribution in [0.25, 0.3) is 0 Å². The molecule has 0 aliphatic carbocycles. The maximum atomic E-state index is 12.1. The van der Waals surface area contributed by atoms with Crippen LogP contribution in [0.3, 0.4) is 0 Å². The average Bonchev–Trinajstić information content (AvgIpc) is 2.39. The second kappa shape index (κ2) is 5.79. The van der Waals surface area contributed by atoms with Gasteiger partial charge in [-0.3, -0.25) is 10.2 Å². The highest BCUT2D eigenvalue weighted by Gasteiger charge is 2.15. The van der Waals surface area contributed by atoms with Gasteiger partial charge in [-0.05, 0) is 18.6 Å². The number of nitrogens with zero attached hydrogens (tertiary/aromatic N) is 2. The quantitative estimate of drug-likeness (QED) is 0.801. The zero-order valence-electron chi connectivity index (χ0n) is 10.5. The number of carbonyl (C=O) groups excluding carboxylic acids is 1. The fourth-order valence-corrected chi connectivity index (χ4v) is 1.81. The van der Waals surface area contributed by atoms with Gasteiger partial charge in [-0.25, -0.2) is 9.99 Å².